The lowest BCUT2D eigenvalue weighted by Gasteiger charge is -2.16. The summed E-state index contributed by atoms with van der Waals surface area (Å²) in [5.74, 6) is 0.217. The molecule has 0 aliphatic rings. The fraction of sp³-hybridized carbons (Fsp3) is 0.250. The van der Waals surface area contributed by atoms with Crippen LogP contribution in [0.25, 0.3) is 0 Å². The molecule has 0 aromatic heterocycles. The molecule has 0 aliphatic heterocycles. The van der Waals surface area contributed by atoms with Crippen LogP contribution in [-0.2, 0) is 6.42 Å². The molecular weight excluding hydrogens is 242 g/mol. The van der Waals surface area contributed by atoms with Crippen molar-refractivity contribution >= 4 is 11.6 Å². The molecule has 18 heavy (non-hydrogen) atoms. The average molecular weight is 260 g/mol. The van der Waals surface area contributed by atoms with Gasteiger partial charge in [0, 0.05) is 17.5 Å². The smallest absolute Gasteiger partial charge is 0.0408 e. The molecule has 2 heteroatoms. The van der Waals surface area contributed by atoms with Gasteiger partial charge in [0.25, 0.3) is 0 Å². The van der Waals surface area contributed by atoms with E-state index in [1.54, 1.807) is 0 Å². The topological polar surface area (TPSA) is 26.0 Å². The maximum absolute atomic E-state index is 6.04. The summed E-state index contributed by atoms with van der Waals surface area (Å²) in [6.07, 6.45) is 1.06. The van der Waals surface area contributed by atoms with Crippen LogP contribution in [-0.4, -0.2) is 6.54 Å². The number of nitrogens with two attached hydrogens (primary N) is 1. The van der Waals surface area contributed by atoms with Gasteiger partial charge in [-0.2, -0.15) is 0 Å². The van der Waals surface area contributed by atoms with Crippen LogP contribution in [0.15, 0.2) is 48.5 Å². The van der Waals surface area contributed by atoms with Crippen molar-refractivity contribution in [2.75, 3.05) is 6.54 Å². The van der Waals surface area contributed by atoms with Crippen LogP contribution < -0.4 is 5.73 Å². The zero-order chi connectivity index (χ0) is 13.0. The Balaban J connectivity index is 2.32. The van der Waals surface area contributed by atoms with E-state index in [1.165, 1.54) is 16.7 Å². The maximum Gasteiger partial charge on any atom is 0.0408 e. The normalized spacial score (nSPS) is 12.4. The molecule has 0 saturated heterocycles. The second-order valence-electron chi connectivity index (χ2n) is 4.44. The fourth-order valence-corrected chi connectivity index (χ4v) is 2.37. The van der Waals surface area contributed by atoms with Gasteiger partial charge in [0.15, 0.2) is 0 Å². The second-order valence-corrected chi connectivity index (χ2v) is 4.87. The molecule has 0 saturated carbocycles. The number of rotatable bonds is 4. The van der Waals surface area contributed by atoms with Crippen LogP contribution in [0.2, 0.25) is 5.02 Å². The van der Waals surface area contributed by atoms with Gasteiger partial charge in [-0.15, -0.1) is 0 Å². The Kier molecular flexibility index (Phi) is 4.40. The van der Waals surface area contributed by atoms with E-state index < -0.39 is 0 Å². The Morgan fingerprint density at radius 3 is 2.33 bits per heavy atom. The maximum atomic E-state index is 6.04. The number of benzene rings is 2. The Labute approximate surface area is 114 Å². The molecule has 0 radical (unpaired) electrons. The lowest BCUT2D eigenvalue weighted by molar-refractivity contribution is 0.818. The predicted molar refractivity (Wildman–Crippen MR) is 78.2 cm³/mol. The van der Waals surface area contributed by atoms with Crippen LogP contribution in [0.1, 0.15) is 29.5 Å². The van der Waals surface area contributed by atoms with Gasteiger partial charge in [0.2, 0.25) is 0 Å². The third-order valence-electron chi connectivity index (χ3n) is 3.28. The molecule has 0 bridgehead atoms. The molecular formula is C16H18ClN. The summed E-state index contributed by atoms with van der Waals surface area (Å²) in [5, 5.41) is 0.760. The van der Waals surface area contributed by atoms with Crippen molar-refractivity contribution in [3.8, 4) is 0 Å². The highest BCUT2D eigenvalue weighted by molar-refractivity contribution is 6.30. The molecule has 1 unspecified atom stereocenters. The third kappa shape index (κ3) is 2.92. The van der Waals surface area contributed by atoms with Crippen molar-refractivity contribution in [2.24, 2.45) is 5.73 Å². The molecule has 1 nitrogen and oxygen atoms in total. The molecule has 0 fully saturated rings. The number of halogens is 1. The average Bonchev–Trinajstić information content (AvgIpc) is 2.40. The lowest BCUT2D eigenvalue weighted by atomic mass is 9.91. The lowest BCUT2D eigenvalue weighted by Crippen LogP contribution is -2.13. The number of hydrogen-bond donors (Lipinski definition) is 1. The molecule has 2 aromatic rings. The van der Waals surface area contributed by atoms with Gasteiger partial charge in [0.05, 0.1) is 0 Å². The molecule has 1 atom stereocenters. The highest BCUT2D eigenvalue weighted by Gasteiger charge is 2.12. The van der Waals surface area contributed by atoms with Crippen molar-refractivity contribution < 1.29 is 0 Å². The third-order valence-corrected chi connectivity index (χ3v) is 3.51. The summed E-state index contributed by atoms with van der Waals surface area (Å²) >= 11 is 6.04. The van der Waals surface area contributed by atoms with Crippen molar-refractivity contribution in [1.29, 1.82) is 0 Å². The van der Waals surface area contributed by atoms with E-state index in [0.717, 1.165) is 11.4 Å². The minimum atomic E-state index is 0.217. The minimum Gasteiger partial charge on any atom is -0.330 e. The highest BCUT2D eigenvalue weighted by atomic mass is 35.5. The van der Waals surface area contributed by atoms with Gasteiger partial charge in [-0.25, -0.2) is 0 Å². The summed E-state index contributed by atoms with van der Waals surface area (Å²) in [6, 6.07) is 16.6. The van der Waals surface area contributed by atoms with E-state index >= 15 is 0 Å². The van der Waals surface area contributed by atoms with Crippen LogP contribution in [0.5, 0.6) is 0 Å². The van der Waals surface area contributed by atoms with E-state index in [9.17, 15) is 0 Å². The molecule has 2 N–H and O–H groups in total. The summed E-state index contributed by atoms with van der Waals surface area (Å²) in [6.45, 7) is 2.75. The van der Waals surface area contributed by atoms with Crippen molar-refractivity contribution in [1.82, 2.24) is 0 Å². The molecule has 2 rings (SSSR count). The van der Waals surface area contributed by atoms with E-state index in [1.807, 2.05) is 18.2 Å². The standard InChI is InChI=1S/C16H18ClN/c1-2-12-6-8-13(9-7-12)16(11-18)14-4-3-5-15(17)10-14/h3-10,16H,2,11,18H2,1H3. The molecule has 94 valence electrons. The van der Waals surface area contributed by atoms with Gasteiger partial charge < -0.3 is 5.73 Å². The van der Waals surface area contributed by atoms with Crippen LogP contribution >= 0.6 is 11.6 Å². The van der Waals surface area contributed by atoms with Gasteiger partial charge in [-0.05, 0) is 35.2 Å². The van der Waals surface area contributed by atoms with E-state index in [2.05, 4.69) is 37.3 Å². The van der Waals surface area contributed by atoms with Crippen molar-refractivity contribution in [3.63, 3.8) is 0 Å². The number of aryl methyl sites for hydroxylation is 1. The first-order valence-electron chi connectivity index (χ1n) is 6.29. The van der Waals surface area contributed by atoms with Crippen molar-refractivity contribution in [2.45, 2.75) is 19.3 Å². The molecule has 0 heterocycles. The summed E-state index contributed by atoms with van der Waals surface area (Å²) in [7, 11) is 0. The Morgan fingerprint density at radius 1 is 1.06 bits per heavy atom. The quantitative estimate of drug-likeness (QED) is 0.883. The fourth-order valence-electron chi connectivity index (χ4n) is 2.17. The van der Waals surface area contributed by atoms with Crippen molar-refractivity contribution in [3.05, 3.63) is 70.2 Å². The van der Waals surface area contributed by atoms with Crippen LogP contribution in [0, 0.1) is 0 Å². The Bertz CT molecular complexity index is 505. The molecule has 0 aliphatic carbocycles. The minimum absolute atomic E-state index is 0.217. The van der Waals surface area contributed by atoms with Gasteiger partial charge in [-0.3, -0.25) is 0 Å². The SMILES string of the molecule is CCc1ccc(C(CN)c2cccc(Cl)c2)cc1. The van der Waals surface area contributed by atoms with Crippen LogP contribution in [0.3, 0.4) is 0 Å². The largest absolute Gasteiger partial charge is 0.330 e. The summed E-state index contributed by atoms with van der Waals surface area (Å²) in [4.78, 5) is 0. The van der Waals surface area contributed by atoms with E-state index in [4.69, 9.17) is 17.3 Å². The Morgan fingerprint density at radius 2 is 1.78 bits per heavy atom. The van der Waals surface area contributed by atoms with E-state index in [-0.39, 0.29) is 5.92 Å². The van der Waals surface area contributed by atoms with Gasteiger partial charge in [-0.1, -0.05) is 54.9 Å². The predicted octanol–water partition coefficient (Wildman–Crippen LogP) is 3.99. The second kappa shape index (κ2) is 6.03. The first kappa shape index (κ1) is 13.1. The first-order chi connectivity index (χ1) is 8.74. The summed E-state index contributed by atoms with van der Waals surface area (Å²) in [5.41, 5.74) is 9.68. The summed E-state index contributed by atoms with van der Waals surface area (Å²) < 4.78 is 0. The zero-order valence-electron chi connectivity index (χ0n) is 10.6. The molecule has 0 spiro atoms. The zero-order valence-corrected chi connectivity index (χ0v) is 11.3. The first-order valence-corrected chi connectivity index (χ1v) is 6.66. The molecule has 0 amide bonds. The van der Waals surface area contributed by atoms with Gasteiger partial charge >= 0.3 is 0 Å². The Hall–Kier alpha value is -1.31. The van der Waals surface area contributed by atoms with E-state index in [0.29, 0.717) is 6.54 Å². The number of hydrogen-bond acceptors (Lipinski definition) is 1. The molecule has 2 aromatic carbocycles. The monoisotopic (exact) mass is 259 g/mol. The van der Waals surface area contributed by atoms with Crippen LogP contribution in [0.4, 0.5) is 0 Å². The highest BCUT2D eigenvalue weighted by Crippen LogP contribution is 2.26. The van der Waals surface area contributed by atoms with Gasteiger partial charge in [0.1, 0.15) is 0 Å².